The Balaban J connectivity index is 1.67. The first kappa shape index (κ1) is 20.1. The monoisotopic (exact) mass is 423 g/mol. The molecule has 1 heterocycles. The molecule has 3 amide bonds. The third kappa shape index (κ3) is 4.26. The first-order valence-electron chi connectivity index (χ1n) is 8.46. The summed E-state index contributed by atoms with van der Waals surface area (Å²) >= 11 is 12.0. The lowest BCUT2D eigenvalue weighted by molar-refractivity contribution is -0.116. The summed E-state index contributed by atoms with van der Waals surface area (Å²) in [5.74, 6) is 0.749. The van der Waals surface area contributed by atoms with E-state index in [0.717, 1.165) is 0 Å². The zero-order valence-corrected chi connectivity index (χ0v) is 16.9. The lowest BCUT2D eigenvalue weighted by atomic mass is 10.2. The second-order valence-electron chi connectivity index (χ2n) is 6.07. The van der Waals surface area contributed by atoms with Crippen LogP contribution in [0.4, 0.5) is 16.2 Å². The Morgan fingerprint density at radius 3 is 2.54 bits per heavy atom. The van der Waals surface area contributed by atoms with Gasteiger partial charge in [0.05, 0.1) is 24.9 Å². The maximum Gasteiger partial charge on any atom is 0.325 e. The highest BCUT2D eigenvalue weighted by Crippen LogP contribution is 2.33. The highest BCUT2D eigenvalue weighted by Gasteiger charge is 2.31. The summed E-state index contributed by atoms with van der Waals surface area (Å²) in [6, 6.07) is 9.76. The molecular weight excluding hydrogens is 405 g/mol. The Morgan fingerprint density at radius 1 is 1.07 bits per heavy atom. The largest absolute Gasteiger partial charge is 0.493 e. The minimum atomic E-state index is -0.355. The summed E-state index contributed by atoms with van der Waals surface area (Å²) < 4.78 is 10.5. The van der Waals surface area contributed by atoms with E-state index >= 15 is 0 Å². The number of rotatable bonds is 6. The number of halogens is 2. The normalized spacial score (nSPS) is 13.6. The van der Waals surface area contributed by atoms with Gasteiger partial charge in [-0.2, -0.15) is 0 Å². The van der Waals surface area contributed by atoms with E-state index in [9.17, 15) is 9.59 Å². The molecule has 0 aromatic heterocycles. The van der Waals surface area contributed by atoms with Gasteiger partial charge >= 0.3 is 6.03 Å². The zero-order chi connectivity index (χ0) is 20.3. The van der Waals surface area contributed by atoms with Gasteiger partial charge in [-0.05, 0) is 30.3 Å². The molecule has 2 aromatic rings. The maximum atomic E-state index is 12.7. The molecule has 1 fully saturated rings. The van der Waals surface area contributed by atoms with Gasteiger partial charge < -0.3 is 19.7 Å². The van der Waals surface area contributed by atoms with E-state index in [2.05, 4.69) is 5.32 Å². The van der Waals surface area contributed by atoms with E-state index in [-0.39, 0.29) is 18.5 Å². The van der Waals surface area contributed by atoms with Gasteiger partial charge in [-0.3, -0.25) is 9.69 Å². The van der Waals surface area contributed by atoms with Crippen molar-refractivity contribution < 1.29 is 19.1 Å². The first-order chi connectivity index (χ1) is 13.4. The van der Waals surface area contributed by atoms with Crippen LogP contribution in [0.15, 0.2) is 36.4 Å². The molecule has 0 bridgehead atoms. The van der Waals surface area contributed by atoms with Crippen LogP contribution in [0.3, 0.4) is 0 Å². The molecule has 1 aliphatic heterocycles. The Bertz CT molecular complexity index is 907. The molecule has 9 heteroatoms. The van der Waals surface area contributed by atoms with Crippen molar-refractivity contribution in [3.8, 4) is 11.5 Å². The minimum Gasteiger partial charge on any atom is -0.493 e. The number of benzene rings is 2. The quantitative estimate of drug-likeness (QED) is 0.764. The molecule has 148 valence electrons. The number of carbonyl (C=O) groups excluding carboxylic acids is 2. The summed E-state index contributed by atoms with van der Waals surface area (Å²) in [4.78, 5) is 28.1. The fourth-order valence-corrected chi connectivity index (χ4v) is 3.26. The smallest absolute Gasteiger partial charge is 0.325 e. The van der Waals surface area contributed by atoms with E-state index in [1.165, 1.54) is 12.0 Å². The van der Waals surface area contributed by atoms with Crippen molar-refractivity contribution in [2.24, 2.45) is 0 Å². The molecular formula is C19H19Cl2N3O4. The van der Waals surface area contributed by atoms with E-state index in [1.807, 2.05) is 0 Å². The van der Waals surface area contributed by atoms with Crippen LogP contribution in [0.1, 0.15) is 0 Å². The summed E-state index contributed by atoms with van der Waals surface area (Å²) in [6.07, 6.45) is 0. The number of anilines is 2. The van der Waals surface area contributed by atoms with Crippen LogP contribution in [-0.4, -0.2) is 50.7 Å². The second-order valence-corrected chi connectivity index (χ2v) is 6.91. The van der Waals surface area contributed by atoms with Crippen molar-refractivity contribution in [2.45, 2.75) is 0 Å². The van der Waals surface area contributed by atoms with Crippen LogP contribution in [0.25, 0.3) is 0 Å². The van der Waals surface area contributed by atoms with Gasteiger partial charge in [0.25, 0.3) is 0 Å². The molecule has 0 atom stereocenters. The Kier molecular flexibility index (Phi) is 6.16. The third-order valence-corrected chi connectivity index (χ3v) is 4.88. The average Bonchev–Trinajstić information content (AvgIpc) is 3.04. The highest BCUT2D eigenvalue weighted by atomic mass is 35.5. The number of methoxy groups -OCH3 is 2. The van der Waals surface area contributed by atoms with Gasteiger partial charge in [-0.15, -0.1) is 0 Å². The third-order valence-electron chi connectivity index (χ3n) is 4.31. The predicted octanol–water partition coefficient (Wildman–Crippen LogP) is 3.89. The maximum absolute atomic E-state index is 12.7. The number of carbonyl (C=O) groups is 2. The number of amides is 3. The molecule has 3 rings (SSSR count). The van der Waals surface area contributed by atoms with E-state index < -0.39 is 0 Å². The van der Waals surface area contributed by atoms with Crippen molar-refractivity contribution in [3.63, 3.8) is 0 Å². The van der Waals surface area contributed by atoms with Gasteiger partial charge in [0.1, 0.15) is 6.54 Å². The standard InChI is InChI=1S/C19H19Cl2N3O4/c1-27-16-6-4-13(10-17(16)28-2)24-8-7-23(19(24)26)11-18(25)22-15-9-12(20)3-5-14(15)21/h3-6,9-10H,7-8,11H2,1-2H3,(H,22,25). The van der Waals surface area contributed by atoms with Crippen molar-refractivity contribution in [1.82, 2.24) is 4.90 Å². The van der Waals surface area contributed by atoms with Gasteiger partial charge in [0.2, 0.25) is 5.91 Å². The van der Waals surface area contributed by atoms with Crippen molar-refractivity contribution in [3.05, 3.63) is 46.4 Å². The van der Waals surface area contributed by atoms with Crippen LogP contribution >= 0.6 is 23.2 Å². The van der Waals surface area contributed by atoms with E-state index in [0.29, 0.717) is 46.0 Å². The SMILES string of the molecule is COc1ccc(N2CCN(CC(=O)Nc3cc(Cl)ccc3Cl)C2=O)cc1OC. The molecule has 0 radical (unpaired) electrons. The van der Waals surface area contributed by atoms with Crippen LogP contribution in [0.5, 0.6) is 11.5 Å². The van der Waals surface area contributed by atoms with E-state index in [4.69, 9.17) is 32.7 Å². The Hall–Kier alpha value is -2.64. The summed E-state index contributed by atoms with van der Waals surface area (Å²) in [5.41, 5.74) is 1.08. The van der Waals surface area contributed by atoms with Crippen LogP contribution in [-0.2, 0) is 4.79 Å². The van der Waals surface area contributed by atoms with Crippen molar-refractivity contribution in [2.75, 3.05) is 44.1 Å². The van der Waals surface area contributed by atoms with Gasteiger partial charge in [0, 0.05) is 29.9 Å². The van der Waals surface area contributed by atoms with Crippen molar-refractivity contribution in [1.29, 1.82) is 0 Å². The molecule has 0 spiro atoms. The Labute approximate surface area is 172 Å². The number of ether oxygens (including phenoxy) is 2. The second kappa shape index (κ2) is 8.58. The van der Waals surface area contributed by atoms with Crippen LogP contribution in [0.2, 0.25) is 10.0 Å². The summed E-state index contributed by atoms with van der Waals surface area (Å²) in [7, 11) is 3.08. The number of urea groups is 1. The van der Waals surface area contributed by atoms with Gasteiger partial charge in [-0.25, -0.2) is 4.79 Å². The minimum absolute atomic E-state index is 0.0918. The molecule has 1 N–H and O–H groups in total. The Morgan fingerprint density at radius 2 is 1.82 bits per heavy atom. The molecule has 1 saturated heterocycles. The topological polar surface area (TPSA) is 71.1 Å². The van der Waals surface area contributed by atoms with Crippen molar-refractivity contribution >= 4 is 46.5 Å². The fraction of sp³-hybridized carbons (Fsp3) is 0.263. The summed E-state index contributed by atoms with van der Waals surface area (Å²) in [5, 5.41) is 3.51. The molecule has 0 aliphatic carbocycles. The van der Waals surface area contributed by atoms with E-state index in [1.54, 1.807) is 48.4 Å². The first-order valence-corrected chi connectivity index (χ1v) is 9.22. The lowest BCUT2D eigenvalue weighted by Crippen LogP contribution is -2.37. The summed E-state index contributed by atoms with van der Waals surface area (Å²) in [6.45, 7) is 0.787. The molecule has 1 aliphatic rings. The number of nitrogens with one attached hydrogen (secondary N) is 1. The number of hydrogen-bond acceptors (Lipinski definition) is 4. The molecule has 0 saturated carbocycles. The highest BCUT2D eigenvalue weighted by molar-refractivity contribution is 6.35. The average molecular weight is 424 g/mol. The number of nitrogens with zero attached hydrogens (tertiary/aromatic N) is 2. The zero-order valence-electron chi connectivity index (χ0n) is 15.4. The van der Waals surface area contributed by atoms with Gasteiger partial charge in [-0.1, -0.05) is 23.2 Å². The molecule has 2 aromatic carbocycles. The molecule has 7 nitrogen and oxygen atoms in total. The molecule has 0 unspecified atom stereocenters. The van der Waals surface area contributed by atoms with Crippen LogP contribution < -0.4 is 19.7 Å². The molecule has 28 heavy (non-hydrogen) atoms. The fourth-order valence-electron chi connectivity index (χ4n) is 2.92. The number of hydrogen-bond donors (Lipinski definition) is 1. The van der Waals surface area contributed by atoms with Crippen LogP contribution in [0, 0.1) is 0 Å². The predicted molar refractivity (Wildman–Crippen MR) is 109 cm³/mol. The lowest BCUT2D eigenvalue weighted by Gasteiger charge is -2.19. The van der Waals surface area contributed by atoms with Gasteiger partial charge in [0.15, 0.2) is 11.5 Å².